The van der Waals surface area contributed by atoms with Gasteiger partial charge in [-0.2, -0.15) is 0 Å². The van der Waals surface area contributed by atoms with Crippen molar-refractivity contribution in [3.8, 4) is 0 Å². The van der Waals surface area contributed by atoms with Gasteiger partial charge >= 0.3 is 0 Å². The van der Waals surface area contributed by atoms with Gasteiger partial charge < -0.3 is 5.11 Å². The van der Waals surface area contributed by atoms with Crippen LogP contribution < -0.4 is 0 Å². The summed E-state index contributed by atoms with van der Waals surface area (Å²) in [7, 11) is -3.07. The summed E-state index contributed by atoms with van der Waals surface area (Å²) < 4.78 is 25.3. The van der Waals surface area contributed by atoms with E-state index < -0.39 is 10.0 Å². The number of sulfonamides is 1. The van der Waals surface area contributed by atoms with Gasteiger partial charge in [0.2, 0.25) is 10.0 Å². The van der Waals surface area contributed by atoms with Crippen molar-refractivity contribution < 1.29 is 13.5 Å². The zero-order valence-electron chi connectivity index (χ0n) is 9.35. The standard InChI is InChI=1S/C10H21NO3S/c1-10-5-4-6-11(9-10)15(13,14)8-3-2-7-12/h10,12H,2-9H2,1H3. The number of unbranched alkanes of at least 4 members (excludes halogenated alkanes) is 1. The van der Waals surface area contributed by atoms with Gasteiger partial charge in [-0.1, -0.05) is 6.92 Å². The number of aliphatic hydroxyl groups is 1. The van der Waals surface area contributed by atoms with Crippen LogP contribution in [0.15, 0.2) is 0 Å². The first-order chi connectivity index (χ1) is 7.06. The van der Waals surface area contributed by atoms with Gasteiger partial charge in [0.05, 0.1) is 5.75 Å². The molecule has 0 aromatic heterocycles. The van der Waals surface area contributed by atoms with E-state index in [-0.39, 0.29) is 12.4 Å². The average molecular weight is 235 g/mol. The van der Waals surface area contributed by atoms with Gasteiger partial charge in [0, 0.05) is 19.7 Å². The van der Waals surface area contributed by atoms with Gasteiger partial charge in [-0.25, -0.2) is 12.7 Å². The van der Waals surface area contributed by atoms with Crippen molar-refractivity contribution >= 4 is 10.0 Å². The van der Waals surface area contributed by atoms with E-state index in [4.69, 9.17) is 5.11 Å². The molecule has 0 bridgehead atoms. The van der Waals surface area contributed by atoms with Crippen LogP contribution in [0.3, 0.4) is 0 Å². The van der Waals surface area contributed by atoms with Crippen LogP contribution in [-0.4, -0.2) is 43.3 Å². The molecule has 0 spiro atoms. The summed E-state index contributed by atoms with van der Waals surface area (Å²) in [5.41, 5.74) is 0. The molecule has 1 unspecified atom stereocenters. The van der Waals surface area contributed by atoms with E-state index in [9.17, 15) is 8.42 Å². The quantitative estimate of drug-likeness (QED) is 0.718. The fraction of sp³-hybridized carbons (Fsp3) is 1.00. The molecule has 0 aliphatic carbocycles. The Morgan fingerprint density at radius 1 is 1.40 bits per heavy atom. The van der Waals surface area contributed by atoms with Gasteiger partial charge in [0.1, 0.15) is 0 Å². The van der Waals surface area contributed by atoms with E-state index in [1.54, 1.807) is 4.31 Å². The minimum Gasteiger partial charge on any atom is -0.396 e. The minimum absolute atomic E-state index is 0.0753. The third kappa shape index (κ3) is 4.09. The molecule has 1 atom stereocenters. The van der Waals surface area contributed by atoms with E-state index in [2.05, 4.69) is 6.92 Å². The van der Waals surface area contributed by atoms with Crippen LogP contribution >= 0.6 is 0 Å². The lowest BCUT2D eigenvalue weighted by molar-refractivity contribution is 0.277. The van der Waals surface area contributed by atoms with Crippen molar-refractivity contribution in [1.82, 2.24) is 4.31 Å². The predicted molar refractivity (Wildman–Crippen MR) is 60.1 cm³/mol. The van der Waals surface area contributed by atoms with Crippen LogP contribution in [0.4, 0.5) is 0 Å². The highest BCUT2D eigenvalue weighted by Gasteiger charge is 2.26. The summed E-state index contributed by atoms with van der Waals surface area (Å²) >= 11 is 0. The maximum atomic E-state index is 11.9. The maximum absolute atomic E-state index is 11.9. The van der Waals surface area contributed by atoms with Crippen LogP contribution in [-0.2, 0) is 10.0 Å². The molecular weight excluding hydrogens is 214 g/mol. The average Bonchev–Trinajstić information content (AvgIpc) is 2.18. The number of aliphatic hydroxyl groups excluding tert-OH is 1. The number of rotatable bonds is 5. The van der Waals surface area contributed by atoms with E-state index in [0.717, 1.165) is 12.8 Å². The van der Waals surface area contributed by atoms with Crippen molar-refractivity contribution in [2.24, 2.45) is 5.92 Å². The van der Waals surface area contributed by atoms with Crippen molar-refractivity contribution in [3.05, 3.63) is 0 Å². The van der Waals surface area contributed by atoms with Crippen molar-refractivity contribution in [1.29, 1.82) is 0 Å². The Morgan fingerprint density at radius 2 is 2.13 bits per heavy atom. The zero-order chi connectivity index (χ0) is 11.3. The SMILES string of the molecule is CC1CCCN(S(=O)(=O)CCCCO)C1. The van der Waals surface area contributed by atoms with Crippen LogP contribution in [0.1, 0.15) is 32.6 Å². The molecule has 1 rings (SSSR count). The summed E-state index contributed by atoms with van der Waals surface area (Å²) in [6.07, 6.45) is 3.23. The molecule has 1 fully saturated rings. The second-order valence-corrected chi connectivity index (χ2v) is 6.44. The highest BCUT2D eigenvalue weighted by molar-refractivity contribution is 7.89. The van der Waals surface area contributed by atoms with E-state index in [0.29, 0.717) is 31.8 Å². The Hall–Kier alpha value is -0.130. The molecule has 1 aliphatic heterocycles. The van der Waals surface area contributed by atoms with E-state index in [1.165, 1.54) is 0 Å². The first kappa shape index (κ1) is 12.9. The number of hydrogen-bond acceptors (Lipinski definition) is 3. The van der Waals surface area contributed by atoms with Gasteiger partial charge in [0.25, 0.3) is 0 Å². The monoisotopic (exact) mass is 235 g/mol. The third-order valence-corrected chi connectivity index (χ3v) is 4.75. The Bertz CT molecular complexity index is 276. The molecule has 5 heteroatoms. The number of hydrogen-bond donors (Lipinski definition) is 1. The molecule has 4 nitrogen and oxygen atoms in total. The Balaban J connectivity index is 2.45. The normalized spacial score (nSPS) is 24.3. The first-order valence-electron chi connectivity index (χ1n) is 5.65. The molecule has 1 saturated heterocycles. The van der Waals surface area contributed by atoms with Crippen LogP contribution in [0.5, 0.6) is 0 Å². The largest absolute Gasteiger partial charge is 0.396 e. The van der Waals surface area contributed by atoms with Crippen molar-refractivity contribution in [2.75, 3.05) is 25.4 Å². The fourth-order valence-corrected chi connectivity index (χ4v) is 3.64. The van der Waals surface area contributed by atoms with Crippen LogP contribution in [0, 0.1) is 5.92 Å². The van der Waals surface area contributed by atoms with Gasteiger partial charge in [-0.15, -0.1) is 0 Å². The molecule has 1 N–H and O–H groups in total. The lowest BCUT2D eigenvalue weighted by Gasteiger charge is -2.30. The highest BCUT2D eigenvalue weighted by Crippen LogP contribution is 2.19. The van der Waals surface area contributed by atoms with Crippen molar-refractivity contribution in [2.45, 2.75) is 32.6 Å². The molecule has 0 aromatic carbocycles. The summed E-state index contributed by atoms with van der Waals surface area (Å²) in [4.78, 5) is 0. The molecular formula is C10H21NO3S. The molecule has 1 aliphatic rings. The molecule has 0 saturated carbocycles. The summed E-state index contributed by atoms with van der Waals surface area (Å²) in [6, 6.07) is 0. The predicted octanol–water partition coefficient (Wildman–Crippen LogP) is 0.821. The zero-order valence-corrected chi connectivity index (χ0v) is 10.2. The third-order valence-electron chi connectivity index (χ3n) is 2.82. The van der Waals surface area contributed by atoms with Gasteiger partial charge in [0.15, 0.2) is 0 Å². The summed E-state index contributed by atoms with van der Waals surface area (Å²) in [5, 5.41) is 8.61. The lowest BCUT2D eigenvalue weighted by atomic mass is 10.0. The molecule has 1 heterocycles. The number of piperidine rings is 1. The summed E-state index contributed by atoms with van der Waals surface area (Å²) in [5.74, 6) is 0.659. The van der Waals surface area contributed by atoms with Crippen LogP contribution in [0.2, 0.25) is 0 Å². The lowest BCUT2D eigenvalue weighted by Crippen LogP contribution is -2.40. The second-order valence-electron chi connectivity index (χ2n) is 4.35. The topological polar surface area (TPSA) is 57.6 Å². The fourth-order valence-electron chi connectivity index (χ4n) is 1.92. The van der Waals surface area contributed by atoms with E-state index >= 15 is 0 Å². The van der Waals surface area contributed by atoms with Crippen molar-refractivity contribution in [3.63, 3.8) is 0 Å². The van der Waals surface area contributed by atoms with Crippen LogP contribution in [0.25, 0.3) is 0 Å². The summed E-state index contributed by atoms with van der Waals surface area (Å²) in [6.45, 7) is 3.51. The Labute approximate surface area is 92.3 Å². The van der Waals surface area contributed by atoms with Gasteiger partial charge in [-0.3, -0.25) is 0 Å². The Kier molecular flexibility index (Phi) is 5.02. The molecule has 0 radical (unpaired) electrons. The molecule has 0 aromatic rings. The smallest absolute Gasteiger partial charge is 0.214 e. The molecule has 15 heavy (non-hydrogen) atoms. The second kappa shape index (κ2) is 5.82. The number of nitrogens with zero attached hydrogens (tertiary/aromatic N) is 1. The minimum atomic E-state index is -3.07. The maximum Gasteiger partial charge on any atom is 0.214 e. The van der Waals surface area contributed by atoms with Gasteiger partial charge in [-0.05, 0) is 31.6 Å². The molecule has 90 valence electrons. The first-order valence-corrected chi connectivity index (χ1v) is 7.26. The highest BCUT2D eigenvalue weighted by atomic mass is 32.2. The Morgan fingerprint density at radius 3 is 2.73 bits per heavy atom. The van der Waals surface area contributed by atoms with E-state index in [1.807, 2.05) is 0 Å². The molecule has 0 amide bonds.